The maximum Gasteiger partial charge on any atom is 0.416 e. The van der Waals surface area contributed by atoms with Crippen molar-refractivity contribution in [2.75, 3.05) is 5.32 Å². The fourth-order valence-corrected chi connectivity index (χ4v) is 1.59. The number of rotatable bonds is 2. The van der Waals surface area contributed by atoms with Crippen molar-refractivity contribution in [2.24, 2.45) is 0 Å². The smallest absolute Gasteiger partial charge is 0.416 e. The SMILES string of the molecule is O=C(Nc1cccc(C(F)(F)F)c1)c1ccc(O)cc1. The number of anilines is 1. The van der Waals surface area contributed by atoms with Crippen molar-refractivity contribution in [1.82, 2.24) is 0 Å². The van der Waals surface area contributed by atoms with Crippen molar-refractivity contribution >= 4 is 11.6 Å². The summed E-state index contributed by atoms with van der Waals surface area (Å²) in [5.41, 5.74) is -0.542. The molecule has 2 aromatic carbocycles. The number of phenols is 1. The number of amides is 1. The Morgan fingerprint density at radius 3 is 2.30 bits per heavy atom. The Hall–Kier alpha value is -2.50. The number of phenolic OH excluding ortho intramolecular Hbond substituents is 1. The monoisotopic (exact) mass is 281 g/mol. The molecule has 0 fully saturated rings. The molecule has 104 valence electrons. The molecule has 0 aliphatic carbocycles. The summed E-state index contributed by atoms with van der Waals surface area (Å²) >= 11 is 0. The first-order chi connectivity index (χ1) is 9.36. The molecule has 2 rings (SSSR count). The van der Waals surface area contributed by atoms with E-state index in [1.165, 1.54) is 36.4 Å². The minimum atomic E-state index is -4.46. The highest BCUT2D eigenvalue weighted by Gasteiger charge is 2.30. The van der Waals surface area contributed by atoms with Gasteiger partial charge >= 0.3 is 6.18 Å². The lowest BCUT2D eigenvalue weighted by Crippen LogP contribution is -2.13. The second-order valence-electron chi connectivity index (χ2n) is 4.08. The molecule has 2 N–H and O–H groups in total. The Balaban J connectivity index is 2.18. The predicted octanol–water partition coefficient (Wildman–Crippen LogP) is 3.66. The van der Waals surface area contributed by atoms with Gasteiger partial charge in [-0.2, -0.15) is 13.2 Å². The van der Waals surface area contributed by atoms with E-state index in [9.17, 15) is 18.0 Å². The van der Waals surface area contributed by atoms with E-state index in [0.29, 0.717) is 0 Å². The van der Waals surface area contributed by atoms with Gasteiger partial charge in [0.05, 0.1) is 5.56 Å². The normalized spacial score (nSPS) is 11.2. The van der Waals surface area contributed by atoms with Crippen LogP contribution in [0.2, 0.25) is 0 Å². The van der Waals surface area contributed by atoms with Crippen LogP contribution in [0.1, 0.15) is 15.9 Å². The van der Waals surface area contributed by atoms with E-state index in [1.54, 1.807) is 0 Å². The summed E-state index contributed by atoms with van der Waals surface area (Å²) in [5.74, 6) is -0.551. The van der Waals surface area contributed by atoms with Gasteiger partial charge in [-0.05, 0) is 42.5 Å². The molecule has 1 amide bonds. The third kappa shape index (κ3) is 3.28. The molecule has 0 unspecified atom stereocenters. The zero-order chi connectivity index (χ0) is 14.8. The second kappa shape index (κ2) is 5.24. The maximum absolute atomic E-state index is 12.5. The summed E-state index contributed by atoms with van der Waals surface area (Å²) in [5, 5.41) is 11.5. The summed E-state index contributed by atoms with van der Waals surface area (Å²) in [4.78, 5) is 11.8. The van der Waals surface area contributed by atoms with E-state index in [0.717, 1.165) is 12.1 Å². The van der Waals surface area contributed by atoms with Gasteiger partial charge in [0.2, 0.25) is 0 Å². The topological polar surface area (TPSA) is 49.3 Å². The first-order valence-electron chi connectivity index (χ1n) is 5.64. The Labute approximate surface area is 112 Å². The van der Waals surface area contributed by atoms with Crippen LogP contribution in [-0.2, 0) is 6.18 Å². The number of alkyl halides is 3. The molecule has 0 atom stereocenters. The Bertz CT molecular complexity index is 621. The number of nitrogens with one attached hydrogen (secondary N) is 1. The number of hydrogen-bond acceptors (Lipinski definition) is 2. The first-order valence-corrected chi connectivity index (χ1v) is 5.64. The summed E-state index contributed by atoms with van der Waals surface area (Å²) in [7, 11) is 0. The minimum absolute atomic E-state index is 0.000573. The predicted molar refractivity (Wildman–Crippen MR) is 67.5 cm³/mol. The van der Waals surface area contributed by atoms with Gasteiger partial charge < -0.3 is 10.4 Å². The summed E-state index contributed by atoms with van der Waals surface area (Å²) in [6, 6.07) is 9.76. The largest absolute Gasteiger partial charge is 0.508 e. The lowest BCUT2D eigenvalue weighted by molar-refractivity contribution is -0.137. The third-order valence-corrected chi connectivity index (χ3v) is 2.58. The summed E-state index contributed by atoms with van der Waals surface area (Å²) in [6.07, 6.45) is -4.46. The number of aromatic hydroxyl groups is 1. The average Bonchev–Trinajstić information content (AvgIpc) is 2.38. The van der Waals surface area contributed by atoms with Crippen LogP contribution in [0.4, 0.5) is 18.9 Å². The van der Waals surface area contributed by atoms with Gasteiger partial charge in [-0.3, -0.25) is 4.79 Å². The van der Waals surface area contributed by atoms with E-state index >= 15 is 0 Å². The number of carbonyl (C=O) groups excluding carboxylic acids is 1. The fourth-order valence-electron chi connectivity index (χ4n) is 1.59. The van der Waals surface area contributed by atoms with Crippen LogP contribution in [-0.4, -0.2) is 11.0 Å². The van der Waals surface area contributed by atoms with Crippen molar-refractivity contribution in [3.63, 3.8) is 0 Å². The van der Waals surface area contributed by atoms with Crippen molar-refractivity contribution < 1.29 is 23.1 Å². The van der Waals surface area contributed by atoms with E-state index in [-0.39, 0.29) is 17.0 Å². The highest BCUT2D eigenvalue weighted by atomic mass is 19.4. The number of benzene rings is 2. The van der Waals surface area contributed by atoms with Crippen LogP contribution in [0.25, 0.3) is 0 Å². The van der Waals surface area contributed by atoms with E-state index in [4.69, 9.17) is 5.11 Å². The van der Waals surface area contributed by atoms with Crippen molar-refractivity contribution in [1.29, 1.82) is 0 Å². The molecule has 0 saturated carbocycles. The van der Waals surface area contributed by atoms with Crippen LogP contribution < -0.4 is 5.32 Å². The molecular weight excluding hydrogens is 271 g/mol. The third-order valence-electron chi connectivity index (χ3n) is 2.58. The van der Waals surface area contributed by atoms with Gasteiger partial charge in [0, 0.05) is 11.3 Å². The van der Waals surface area contributed by atoms with Gasteiger partial charge in [0.25, 0.3) is 5.91 Å². The Morgan fingerprint density at radius 1 is 1.05 bits per heavy atom. The molecule has 0 bridgehead atoms. The van der Waals surface area contributed by atoms with Crippen molar-refractivity contribution in [2.45, 2.75) is 6.18 Å². The van der Waals surface area contributed by atoms with Gasteiger partial charge in [-0.1, -0.05) is 6.07 Å². The van der Waals surface area contributed by atoms with Gasteiger partial charge in [-0.15, -0.1) is 0 Å². The summed E-state index contributed by atoms with van der Waals surface area (Å²) < 4.78 is 37.6. The lowest BCUT2D eigenvalue weighted by atomic mass is 10.1. The Kier molecular flexibility index (Phi) is 3.65. The minimum Gasteiger partial charge on any atom is -0.508 e. The van der Waals surface area contributed by atoms with E-state index in [1.807, 2.05) is 0 Å². The molecular formula is C14H10F3NO2. The molecule has 6 heteroatoms. The molecule has 3 nitrogen and oxygen atoms in total. The second-order valence-corrected chi connectivity index (χ2v) is 4.08. The fraction of sp³-hybridized carbons (Fsp3) is 0.0714. The molecule has 0 aromatic heterocycles. The maximum atomic E-state index is 12.5. The van der Waals surface area contributed by atoms with Crippen LogP contribution in [0.5, 0.6) is 5.75 Å². The van der Waals surface area contributed by atoms with Crippen LogP contribution in [0.15, 0.2) is 48.5 Å². The highest BCUT2D eigenvalue weighted by Crippen LogP contribution is 2.30. The molecule has 0 spiro atoms. The van der Waals surface area contributed by atoms with Gasteiger partial charge in [0.1, 0.15) is 5.75 Å². The van der Waals surface area contributed by atoms with Crippen LogP contribution in [0, 0.1) is 0 Å². The van der Waals surface area contributed by atoms with Crippen molar-refractivity contribution in [3.8, 4) is 5.75 Å². The van der Waals surface area contributed by atoms with Crippen LogP contribution in [0.3, 0.4) is 0 Å². The molecule has 0 radical (unpaired) electrons. The molecule has 0 aliphatic rings. The van der Waals surface area contributed by atoms with E-state index < -0.39 is 17.6 Å². The lowest BCUT2D eigenvalue weighted by Gasteiger charge is -2.10. The molecule has 20 heavy (non-hydrogen) atoms. The highest BCUT2D eigenvalue weighted by molar-refractivity contribution is 6.04. The average molecular weight is 281 g/mol. The van der Waals surface area contributed by atoms with Gasteiger partial charge in [0.15, 0.2) is 0 Å². The zero-order valence-corrected chi connectivity index (χ0v) is 10.1. The quantitative estimate of drug-likeness (QED) is 0.882. The standard InChI is InChI=1S/C14H10F3NO2/c15-14(16,17)10-2-1-3-11(8-10)18-13(20)9-4-6-12(19)7-5-9/h1-8,19H,(H,18,20). The van der Waals surface area contributed by atoms with E-state index in [2.05, 4.69) is 5.32 Å². The summed E-state index contributed by atoms with van der Waals surface area (Å²) in [6.45, 7) is 0. The Morgan fingerprint density at radius 2 is 1.70 bits per heavy atom. The molecule has 0 aliphatic heterocycles. The van der Waals surface area contributed by atoms with Crippen molar-refractivity contribution in [3.05, 3.63) is 59.7 Å². The number of carbonyl (C=O) groups is 1. The molecule has 2 aromatic rings. The number of hydrogen-bond donors (Lipinski definition) is 2. The van der Waals surface area contributed by atoms with Gasteiger partial charge in [-0.25, -0.2) is 0 Å². The molecule has 0 saturated heterocycles. The molecule has 0 heterocycles. The first kappa shape index (κ1) is 13.9. The van der Waals surface area contributed by atoms with Crippen LogP contribution >= 0.6 is 0 Å². The zero-order valence-electron chi connectivity index (χ0n) is 10.1. The number of halogens is 3.